The van der Waals surface area contributed by atoms with Gasteiger partial charge < -0.3 is 19.7 Å². The van der Waals surface area contributed by atoms with Gasteiger partial charge in [-0.25, -0.2) is 0 Å². The van der Waals surface area contributed by atoms with Crippen LogP contribution in [0.4, 0.5) is 13.2 Å². The molecule has 2 aromatic rings. The number of carbonyl (C=O) groups is 2. The minimum Gasteiger partial charge on any atom is -0.405 e. The molecule has 0 unspecified atom stereocenters. The van der Waals surface area contributed by atoms with Crippen LogP contribution < -0.4 is 10.1 Å². The third-order valence-corrected chi connectivity index (χ3v) is 6.36. The summed E-state index contributed by atoms with van der Waals surface area (Å²) in [7, 11) is 1.51. The molecule has 1 aromatic heterocycles. The van der Waals surface area contributed by atoms with E-state index in [9.17, 15) is 22.8 Å². The van der Waals surface area contributed by atoms with Crippen molar-refractivity contribution in [3.05, 3.63) is 51.7 Å². The molecular weight excluding hydrogens is 459 g/mol. The molecule has 0 aliphatic carbocycles. The summed E-state index contributed by atoms with van der Waals surface area (Å²) in [5.41, 5.74) is 0.232. The van der Waals surface area contributed by atoms with Gasteiger partial charge in [0.2, 0.25) is 0 Å². The van der Waals surface area contributed by atoms with E-state index in [-0.39, 0.29) is 29.7 Å². The molecule has 180 valence electrons. The number of halogens is 3. The minimum atomic E-state index is -4.80. The largest absolute Gasteiger partial charge is 0.573 e. The molecule has 1 atom stereocenters. The van der Waals surface area contributed by atoms with Crippen molar-refractivity contribution >= 4 is 23.2 Å². The van der Waals surface area contributed by atoms with Crippen molar-refractivity contribution in [1.29, 1.82) is 0 Å². The zero-order valence-corrected chi connectivity index (χ0v) is 19.2. The van der Waals surface area contributed by atoms with E-state index in [1.165, 1.54) is 36.6 Å². The lowest BCUT2D eigenvalue weighted by molar-refractivity contribution is -0.274. The monoisotopic (exact) mass is 485 g/mol. The second kappa shape index (κ2) is 11.0. The van der Waals surface area contributed by atoms with Crippen molar-refractivity contribution in [1.82, 2.24) is 15.1 Å². The third-order valence-electron chi connectivity index (χ3n) is 5.29. The molecule has 1 fully saturated rings. The number of benzene rings is 1. The molecule has 7 nitrogen and oxygen atoms in total. The zero-order valence-electron chi connectivity index (χ0n) is 18.4. The van der Waals surface area contributed by atoms with E-state index >= 15 is 0 Å². The van der Waals surface area contributed by atoms with Crippen molar-refractivity contribution in [3.8, 4) is 5.75 Å². The molecule has 2 heterocycles. The Labute approximate surface area is 194 Å². The van der Waals surface area contributed by atoms with Gasteiger partial charge in [0.1, 0.15) is 11.9 Å². The van der Waals surface area contributed by atoms with Gasteiger partial charge in [-0.15, -0.1) is 24.5 Å². The fourth-order valence-corrected chi connectivity index (χ4v) is 4.39. The van der Waals surface area contributed by atoms with Crippen LogP contribution in [-0.4, -0.2) is 67.4 Å². The van der Waals surface area contributed by atoms with Crippen molar-refractivity contribution in [2.24, 2.45) is 0 Å². The summed E-state index contributed by atoms with van der Waals surface area (Å²) in [5, 5.41) is 2.65. The number of thiophene rings is 1. The number of hydrogen-bond acceptors (Lipinski definition) is 6. The Morgan fingerprint density at radius 2 is 1.82 bits per heavy atom. The highest BCUT2D eigenvalue weighted by Gasteiger charge is 2.32. The number of nitrogens with one attached hydrogen (secondary N) is 1. The Hall–Kier alpha value is -2.63. The molecule has 1 saturated heterocycles. The average Bonchev–Trinajstić information content (AvgIpc) is 3.25. The predicted molar refractivity (Wildman–Crippen MR) is 117 cm³/mol. The predicted octanol–water partition coefficient (Wildman–Crippen LogP) is 3.26. The summed E-state index contributed by atoms with van der Waals surface area (Å²) in [5.74, 6) is -0.721. The normalized spacial score (nSPS) is 15.8. The molecule has 1 aromatic carbocycles. The van der Waals surface area contributed by atoms with E-state index in [0.717, 1.165) is 18.0 Å². The van der Waals surface area contributed by atoms with Gasteiger partial charge in [-0.3, -0.25) is 14.5 Å². The van der Waals surface area contributed by atoms with Gasteiger partial charge in [0, 0.05) is 56.8 Å². The molecule has 1 N–H and O–H groups in total. The minimum absolute atomic E-state index is 0.0190. The van der Waals surface area contributed by atoms with Crippen LogP contribution in [0.5, 0.6) is 5.75 Å². The zero-order chi connectivity index (χ0) is 24.0. The number of piperazine rings is 1. The lowest BCUT2D eigenvalue weighted by Crippen LogP contribution is -2.50. The molecule has 0 saturated carbocycles. The van der Waals surface area contributed by atoms with E-state index in [0.29, 0.717) is 24.5 Å². The number of para-hydroxylation sites is 1. The number of methoxy groups -OCH3 is 1. The highest BCUT2D eigenvalue weighted by molar-refractivity contribution is 7.14. The molecule has 0 spiro atoms. The first-order chi connectivity index (χ1) is 15.7. The maximum atomic E-state index is 12.6. The summed E-state index contributed by atoms with van der Waals surface area (Å²) in [4.78, 5) is 30.2. The molecular formula is C22H26F3N3O4S. The Balaban J connectivity index is 1.50. The number of alkyl halides is 3. The number of hydrogen-bond donors (Lipinski definition) is 1. The van der Waals surface area contributed by atoms with Crippen LogP contribution in [0.25, 0.3) is 0 Å². The molecule has 0 bridgehead atoms. The smallest absolute Gasteiger partial charge is 0.405 e. The Bertz CT molecular complexity index is 958. The van der Waals surface area contributed by atoms with Gasteiger partial charge in [0.15, 0.2) is 0 Å². The van der Waals surface area contributed by atoms with Crippen LogP contribution in [0.15, 0.2) is 36.4 Å². The number of rotatable bonds is 8. The molecule has 3 rings (SSSR count). The standard InChI is InChI=1S/C22H26F3N3O4S/c1-15(31-2)21(30)28-11-9-27(10-12-28)14-17-7-8-19(33-17)20(29)26-13-16-5-3-4-6-18(16)32-22(23,24)25/h3-8,15H,9-14H2,1-2H3,(H,26,29)/t15-/m1/s1. The number of ether oxygens (including phenoxy) is 2. The maximum absolute atomic E-state index is 12.6. The molecule has 33 heavy (non-hydrogen) atoms. The van der Waals surface area contributed by atoms with Crippen LogP contribution in [0, 0.1) is 0 Å². The van der Waals surface area contributed by atoms with Gasteiger partial charge in [-0.1, -0.05) is 18.2 Å². The second-order valence-electron chi connectivity index (χ2n) is 7.58. The molecule has 1 aliphatic heterocycles. The number of nitrogens with zero attached hydrogens (tertiary/aromatic N) is 2. The summed E-state index contributed by atoms with van der Waals surface area (Å²) < 4.78 is 46.8. The van der Waals surface area contributed by atoms with Gasteiger partial charge in [0.25, 0.3) is 11.8 Å². The van der Waals surface area contributed by atoms with Gasteiger partial charge in [-0.2, -0.15) is 0 Å². The lowest BCUT2D eigenvalue weighted by Gasteiger charge is -2.35. The summed E-state index contributed by atoms with van der Waals surface area (Å²) in [6.45, 7) is 4.97. The third kappa shape index (κ3) is 7.18. The summed E-state index contributed by atoms with van der Waals surface area (Å²) in [6, 6.07) is 9.27. The topological polar surface area (TPSA) is 71.1 Å². The SMILES string of the molecule is CO[C@H](C)C(=O)N1CCN(Cc2ccc(C(=O)NCc3ccccc3OC(F)(F)F)s2)CC1. The van der Waals surface area contributed by atoms with Gasteiger partial charge >= 0.3 is 6.36 Å². The van der Waals surface area contributed by atoms with E-state index in [1.807, 2.05) is 6.07 Å². The first-order valence-electron chi connectivity index (χ1n) is 10.4. The Morgan fingerprint density at radius 1 is 1.12 bits per heavy atom. The highest BCUT2D eigenvalue weighted by Crippen LogP contribution is 2.26. The van der Waals surface area contributed by atoms with Crippen LogP contribution >= 0.6 is 11.3 Å². The molecule has 1 aliphatic rings. The fraction of sp³-hybridized carbons (Fsp3) is 0.455. The van der Waals surface area contributed by atoms with Crippen molar-refractivity contribution in [2.45, 2.75) is 32.5 Å². The van der Waals surface area contributed by atoms with E-state index < -0.39 is 12.5 Å². The highest BCUT2D eigenvalue weighted by atomic mass is 32.1. The summed E-state index contributed by atoms with van der Waals surface area (Å²) in [6.07, 6.45) is -5.26. The van der Waals surface area contributed by atoms with Crippen LogP contribution in [0.3, 0.4) is 0 Å². The Morgan fingerprint density at radius 3 is 2.48 bits per heavy atom. The van der Waals surface area contributed by atoms with Gasteiger partial charge in [0.05, 0.1) is 4.88 Å². The van der Waals surface area contributed by atoms with Crippen molar-refractivity contribution < 1.29 is 32.2 Å². The van der Waals surface area contributed by atoms with E-state index in [2.05, 4.69) is 15.0 Å². The molecule has 11 heteroatoms. The van der Waals surface area contributed by atoms with Crippen molar-refractivity contribution in [2.75, 3.05) is 33.3 Å². The fourth-order valence-electron chi connectivity index (χ4n) is 3.43. The first kappa shape index (κ1) is 25.0. The van der Waals surface area contributed by atoms with Crippen LogP contribution in [-0.2, 0) is 22.6 Å². The number of amides is 2. The van der Waals surface area contributed by atoms with Crippen LogP contribution in [0.1, 0.15) is 27.0 Å². The average molecular weight is 486 g/mol. The maximum Gasteiger partial charge on any atom is 0.573 e. The lowest BCUT2D eigenvalue weighted by atomic mass is 10.2. The van der Waals surface area contributed by atoms with E-state index in [4.69, 9.17) is 4.74 Å². The quantitative estimate of drug-likeness (QED) is 0.622. The molecule has 2 amide bonds. The summed E-state index contributed by atoms with van der Waals surface area (Å²) >= 11 is 1.33. The van der Waals surface area contributed by atoms with E-state index in [1.54, 1.807) is 24.0 Å². The van der Waals surface area contributed by atoms with Gasteiger partial charge in [-0.05, 0) is 25.1 Å². The van der Waals surface area contributed by atoms with Crippen LogP contribution in [0.2, 0.25) is 0 Å². The second-order valence-corrected chi connectivity index (χ2v) is 8.75. The number of carbonyl (C=O) groups excluding carboxylic acids is 2. The van der Waals surface area contributed by atoms with Crippen molar-refractivity contribution in [3.63, 3.8) is 0 Å². The first-order valence-corrected chi connectivity index (χ1v) is 11.2. The molecule has 0 radical (unpaired) electrons. The Kier molecular flexibility index (Phi) is 8.33.